The van der Waals surface area contributed by atoms with Crippen LogP contribution in [0.4, 0.5) is 0 Å². The molecule has 12 heteroatoms. The standard InChI is InChI=1S/2C4H10N2O.C4H6O6/c2*1-2-3(5)4(6)7;5-1(3(7)8)2(6)4(9)10/h2*3H,2,5H2,1H3,(H2,6,7);1-2,5-6H,(H,7,8)(H,9,10)/t2*3-;/m11./s1. The van der Waals surface area contributed by atoms with E-state index in [0.29, 0.717) is 12.8 Å². The molecule has 142 valence electrons. The van der Waals surface area contributed by atoms with Gasteiger partial charge in [-0.25, -0.2) is 9.59 Å². The molecule has 24 heavy (non-hydrogen) atoms. The Bertz CT molecular complexity index is 380. The molecule has 12 N–H and O–H groups in total. The molecule has 12 nitrogen and oxygen atoms in total. The lowest BCUT2D eigenvalue weighted by Gasteiger charge is -2.07. The Morgan fingerprint density at radius 3 is 1.00 bits per heavy atom. The van der Waals surface area contributed by atoms with Crippen molar-refractivity contribution in [3.63, 3.8) is 0 Å². The summed E-state index contributed by atoms with van der Waals surface area (Å²) in [7, 11) is 0. The van der Waals surface area contributed by atoms with Gasteiger partial charge in [-0.2, -0.15) is 0 Å². The van der Waals surface area contributed by atoms with Crippen molar-refractivity contribution >= 4 is 23.8 Å². The highest BCUT2D eigenvalue weighted by molar-refractivity contribution is 5.83. The molecule has 0 radical (unpaired) electrons. The average molecular weight is 354 g/mol. The summed E-state index contributed by atoms with van der Waals surface area (Å²) >= 11 is 0. The second-order valence-electron chi connectivity index (χ2n) is 4.40. The summed E-state index contributed by atoms with van der Waals surface area (Å²) in [5.74, 6) is -4.39. The number of carbonyl (C=O) groups is 4. The van der Waals surface area contributed by atoms with Gasteiger partial charge in [0, 0.05) is 0 Å². The van der Waals surface area contributed by atoms with Gasteiger partial charge in [-0.3, -0.25) is 9.59 Å². The molecular formula is C12H26N4O8. The number of aliphatic hydroxyl groups is 2. The minimum atomic E-state index is -2.27. The van der Waals surface area contributed by atoms with Crippen LogP contribution in [0, 0.1) is 0 Å². The molecule has 0 fully saturated rings. The molecule has 0 rings (SSSR count). The Morgan fingerprint density at radius 2 is 0.958 bits per heavy atom. The fourth-order valence-corrected chi connectivity index (χ4v) is 0.672. The predicted octanol–water partition coefficient (Wildman–Crippen LogP) is -3.70. The summed E-state index contributed by atoms with van der Waals surface area (Å²) in [6.45, 7) is 3.63. The van der Waals surface area contributed by atoms with Crippen LogP contribution in [0.2, 0.25) is 0 Å². The van der Waals surface area contributed by atoms with E-state index in [-0.39, 0.29) is 0 Å². The van der Waals surface area contributed by atoms with Crippen LogP contribution < -0.4 is 22.9 Å². The number of rotatable bonds is 7. The minimum absolute atomic E-state index is 0.428. The number of aliphatic carboxylic acids is 2. The van der Waals surface area contributed by atoms with E-state index in [1.165, 1.54) is 0 Å². The number of aliphatic hydroxyl groups excluding tert-OH is 2. The molecule has 0 aromatic heterocycles. The molecule has 0 aliphatic rings. The number of carbonyl (C=O) groups excluding carboxylic acids is 2. The highest BCUT2D eigenvalue weighted by atomic mass is 16.4. The Kier molecular flexibility index (Phi) is 15.9. The minimum Gasteiger partial charge on any atom is -0.479 e. The van der Waals surface area contributed by atoms with Gasteiger partial charge in [-0.05, 0) is 12.8 Å². The molecule has 2 amide bonds. The Morgan fingerprint density at radius 1 is 0.750 bits per heavy atom. The predicted molar refractivity (Wildman–Crippen MR) is 82.2 cm³/mol. The summed E-state index contributed by atoms with van der Waals surface area (Å²) in [6, 6.07) is -0.917. The number of primary amides is 2. The van der Waals surface area contributed by atoms with E-state index in [1.807, 2.05) is 13.8 Å². The van der Waals surface area contributed by atoms with E-state index < -0.39 is 48.0 Å². The fraction of sp³-hybridized carbons (Fsp3) is 0.667. The fourth-order valence-electron chi connectivity index (χ4n) is 0.672. The molecule has 0 saturated carbocycles. The third-order valence-corrected chi connectivity index (χ3v) is 2.42. The molecule has 0 bridgehead atoms. The Labute approximate surface area is 138 Å². The zero-order chi connectivity index (χ0) is 20.0. The average Bonchev–Trinajstić information content (AvgIpc) is 2.52. The van der Waals surface area contributed by atoms with Crippen molar-refractivity contribution in [2.75, 3.05) is 0 Å². The van der Waals surface area contributed by atoms with Crippen molar-refractivity contribution in [2.24, 2.45) is 22.9 Å². The zero-order valence-electron chi connectivity index (χ0n) is 13.5. The SMILES string of the molecule is CC[C@@H](N)C(N)=O.CC[C@@H](N)C(N)=O.O=C(O)C(O)C(O)C(=O)O. The van der Waals surface area contributed by atoms with Crippen molar-refractivity contribution in [1.82, 2.24) is 0 Å². The van der Waals surface area contributed by atoms with Gasteiger partial charge >= 0.3 is 11.9 Å². The van der Waals surface area contributed by atoms with E-state index in [4.69, 9.17) is 43.4 Å². The number of carboxylic acid groups (broad SMARTS) is 2. The summed E-state index contributed by atoms with van der Waals surface area (Å²) < 4.78 is 0. The van der Waals surface area contributed by atoms with Gasteiger partial charge in [0.05, 0.1) is 12.1 Å². The van der Waals surface area contributed by atoms with Gasteiger partial charge in [0.15, 0.2) is 12.2 Å². The van der Waals surface area contributed by atoms with Gasteiger partial charge in [0.25, 0.3) is 0 Å². The van der Waals surface area contributed by atoms with Crippen LogP contribution in [-0.4, -0.2) is 68.5 Å². The molecule has 0 saturated heterocycles. The van der Waals surface area contributed by atoms with Crippen molar-refractivity contribution in [1.29, 1.82) is 0 Å². The van der Waals surface area contributed by atoms with Crippen molar-refractivity contribution in [2.45, 2.75) is 51.0 Å². The lowest BCUT2D eigenvalue weighted by molar-refractivity contribution is -0.165. The lowest BCUT2D eigenvalue weighted by atomic mass is 10.2. The molecule has 0 aliphatic carbocycles. The number of amides is 2. The van der Waals surface area contributed by atoms with Crippen LogP contribution >= 0.6 is 0 Å². The first kappa shape index (κ1) is 26.6. The Balaban J connectivity index is -0.000000283. The van der Waals surface area contributed by atoms with Crippen LogP contribution in [0.15, 0.2) is 0 Å². The van der Waals surface area contributed by atoms with E-state index >= 15 is 0 Å². The molecule has 0 aliphatic heterocycles. The lowest BCUT2D eigenvalue weighted by Crippen LogP contribution is -2.39. The summed E-state index contributed by atoms with van der Waals surface area (Å²) in [6.07, 6.45) is -3.29. The topological polar surface area (TPSA) is 253 Å². The molecule has 0 aromatic carbocycles. The van der Waals surface area contributed by atoms with E-state index in [9.17, 15) is 19.2 Å². The Hall–Kier alpha value is -2.28. The second kappa shape index (κ2) is 14.3. The highest BCUT2D eigenvalue weighted by Gasteiger charge is 2.29. The monoisotopic (exact) mass is 354 g/mol. The van der Waals surface area contributed by atoms with Gasteiger partial charge in [0.2, 0.25) is 11.8 Å². The molecule has 0 heterocycles. The second-order valence-corrected chi connectivity index (χ2v) is 4.40. The largest absolute Gasteiger partial charge is 0.479 e. The van der Waals surface area contributed by atoms with Gasteiger partial charge in [0.1, 0.15) is 0 Å². The maximum Gasteiger partial charge on any atom is 0.335 e. The number of nitrogens with two attached hydrogens (primary N) is 4. The van der Waals surface area contributed by atoms with Crippen molar-refractivity contribution in [3.8, 4) is 0 Å². The first-order valence-corrected chi connectivity index (χ1v) is 6.74. The van der Waals surface area contributed by atoms with Crippen LogP contribution in [0.1, 0.15) is 26.7 Å². The number of carboxylic acids is 2. The van der Waals surface area contributed by atoms with Crippen LogP contribution in [0.3, 0.4) is 0 Å². The van der Waals surface area contributed by atoms with E-state index in [1.54, 1.807) is 0 Å². The summed E-state index contributed by atoms with van der Waals surface area (Å²) in [5, 5.41) is 32.5. The van der Waals surface area contributed by atoms with Crippen molar-refractivity contribution in [3.05, 3.63) is 0 Å². The maximum atomic E-state index is 10.0. The normalized spacial score (nSPS) is 14.4. The smallest absolute Gasteiger partial charge is 0.335 e. The molecule has 2 unspecified atom stereocenters. The summed E-state index contributed by atoms with van der Waals surface area (Å²) in [4.78, 5) is 39.6. The maximum absolute atomic E-state index is 10.0. The molecule has 0 spiro atoms. The first-order valence-electron chi connectivity index (χ1n) is 6.74. The first-order chi connectivity index (χ1) is 10.8. The van der Waals surface area contributed by atoms with Crippen LogP contribution in [0.25, 0.3) is 0 Å². The van der Waals surface area contributed by atoms with Crippen molar-refractivity contribution < 1.29 is 39.6 Å². The third-order valence-electron chi connectivity index (χ3n) is 2.42. The third kappa shape index (κ3) is 14.6. The molecule has 4 atom stereocenters. The van der Waals surface area contributed by atoms with E-state index in [0.717, 1.165) is 0 Å². The number of hydrogen-bond acceptors (Lipinski definition) is 8. The quantitative estimate of drug-likeness (QED) is 0.222. The van der Waals surface area contributed by atoms with Crippen LogP contribution in [0.5, 0.6) is 0 Å². The van der Waals surface area contributed by atoms with Gasteiger partial charge < -0.3 is 43.4 Å². The van der Waals surface area contributed by atoms with Gasteiger partial charge in [-0.1, -0.05) is 13.8 Å². The zero-order valence-corrected chi connectivity index (χ0v) is 13.5. The number of hydrogen-bond donors (Lipinski definition) is 8. The molecular weight excluding hydrogens is 328 g/mol. The van der Waals surface area contributed by atoms with Crippen LogP contribution in [-0.2, 0) is 19.2 Å². The molecule has 0 aromatic rings. The summed E-state index contributed by atoms with van der Waals surface area (Å²) in [5.41, 5.74) is 19.8. The highest BCUT2D eigenvalue weighted by Crippen LogP contribution is 1.92. The van der Waals surface area contributed by atoms with E-state index in [2.05, 4.69) is 0 Å². The van der Waals surface area contributed by atoms with Gasteiger partial charge in [-0.15, -0.1) is 0 Å².